The van der Waals surface area contributed by atoms with E-state index in [0.717, 1.165) is 0 Å². The van der Waals surface area contributed by atoms with Crippen molar-refractivity contribution in [1.82, 2.24) is 19.5 Å². The van der Waals surface area contributed by atoms with Crippen LogP contribution in [0.4, 0.5) is 11.5 Å². The molecule has 0 bridgehead atoms. The normalized spacial score (nSPS) is 21.6. The summed E-state index contributed by atoms with van der Waals surface area (Å²) in [5.41, 5.74) is 7.33. The number of para-hydroxylation sites is 1. The molecule has 2 aromatic carbocycles. The number of aliphatic hydroxyl groups is 1. The summed E-state index contributed by atoms with van der Waals surface area (Å²) in [5.74, 6) is 0.538. The number of nitrogen functional groups attached to an aromatic ring is 1. The third kappa shape index (κ3) is 5.09. The number of rotatable bonds is 8. The minimum Gasteiger partial charge on any atom is -0.409 e. The van der Waals surface area contributed by atoms with E-state index in [1.807, 2.05) is 6.07 Å². The average molecular weight is 517 g/mol. The highest BCUT2D eigenvalue weighted by Crippen LogP contribution is 2.52. The molecule has 3 heterocycles. The van der Waals surface area contributed by atoms with E-state index in [0.29, 0.717) is 27.6 Å². The summed E-state index contributed by atoms with van der Waals surface area (Å²) >= 11 is 5.96. The quantitative estimate of drug-likeness (QED) is 0.293. The second-order valence-corrected chi connectivity index (χ2v) is 9.84. The van der Waals surface area contributed by atoms with Crippen LogP contribution < -0.4 is 15.3 Å². The molecule has 13 heteroatoms. The number of halogens is 1. The largest absolute Gasteiger partial charge is 0.486 e. The molecule has 2 aromatic heterocycles. The monoisotopic (exact) mass is 516 g/mol. The average Bonchev–Trinajstić information content (AvgIpc) is 3.45. The molecule has 1 unspecified atom stereocenters. The predicted molar refractivity (Wildman–Crippen MR) is 130 cm³/mol. The highest BCUT2D eigenvalue weighted by molar-refractivity contribution is 7.55. The summed E-state index contributed by atoms with van der Waals surface area (Å²) in [6.45, 7) is -0.364. The van der Waals surface area contributed by atoms with E-state index in [1.54, 1.807) is 53.1 Å². The smallest absolute Gasteiger partial charge is 0.409 e. The van der Waals surface area contributed by atoms with Gasteiger partial charge in [-0.2, -0.15) is 0 Å². The van der Waals surface area contributed by atoms with Crippen molar-refractivity contribution in [1.29, 1.82) is 0 Å². The van der Waals surface area contributed by atoms with E-state index < -0.39 is 26.2 Å². The highest BCUT2D eigenvalue weighted by atomic mass is 35.5. The van der Waals surface area contributed by atoms with Gasteiger partial charge in [-0.3, -0.25) is 14.2 Å². The van der Waals surface area contributed by atoms with Gasteiger partial charge in [0.1, 0.15) is 36.0 Å². The zero-order valence-electron chi connectivity index (χ0n) is 18.3. The molecule has 182 valence electrons. The lowest BCUT2D eigenvalue weighted by molar-refractivity contribution is -0.0400. The van der Waals surface area contributed by atoms with Gasteiger partial charge in [-0.15, -0.1) is 0 Å². The zero-order chi connectivity index (χ0) is 24.4. The first-order chi connectivity index (χ1) is 16.9. The van der Waals surface area contributed by atoms with Gasteiger partial charge < -0.3 is 20.1 Å². The Balaban J connectivity index is 1.41. The van der Waals surface area contributed by atoms with Gasteiger partial charge in [-0.1, -0.05) is 29.8 Å². The van der Waals surface area contributed by atoms with Crippen LogP contribution in [0.15, 0.2) is 67.3 Å². The van der Waals surface area contributed by atoms with Gasteiger partial charge in [-0.25, -0.2) is 19.5 Å². The number of imidazole rings is 1. The fourth-order valence-corrected chi connectivity index (χ4v) is 5.49. The minimum atomic E-state index is -3.99. The summed E-state index contributed by atoms with van der Waals surface area (Å²) in [4.78, 5) is 12.4. The van der Waals surface area contributed by atoms with Gasteiger partial charge in [-0.05, 0) is 36.4 Å². The topological polar surface area (TPSA) is 147 Å². The van der Waals surface area contributed by atoms with Crippen LogP contribution in [0, 0.1) is 0 Å². The number of benzene rings is 2. The Hall–Kier alpha value is -3.21. The van der Waals surface area contributed by atoms with Crippen LogP contribution in [0.3, 0.4) is 0 Å². The van der Waals surface area contributed by atoms with E-state index in [2.05, 4.69) is 20.0 Å². The number of nitrogens with two attached hydrogens (primary N) is 1. The molecule has 0 amide bonds. The number of nitrogens with one attached hydrogen (secondary N) is 1. The molecule has 1 saturated heterocycles. The molecule has 0 saturated carbocycles. The highest BCUT2D eigenvalue weighted by Gasteiger charge is 2.43. The molecule has 4 aromatic rings. The van der Waals surface area contributed by atoms with E-state index in [1.165, 1.54) is 12.7 Å². The lowest BCUT2D eigenvalue weighted by Gasteiger charge is -2.25. The summed E-state index contributed by atoms with van der Waals surface area (Å²) in [7, 11) is -3.99. The molecule has 0 spiro atoms. The molecule has 1 fully saturated rings. The van der Waals surface area contributed by atoms with Crippen LogP contribution in [0.25, 0.3) is 11.2 Å². The van der Waals surface area contributed by atoms with E-state index in [9.17, 15) is 9.67 Å². The molecule has 1 aliphatic rings. The van der Waals surface area contributed by atoms with Crippen molar-refractivity contribution >= 4 is 42.0 Å². The third-order valence-corrected chi connectivity index (χ3v) is 7.19. The van der Waals surface area contributed by atoms with Gasteiger partial charge in [0.25, 0.3) is 0 Å². The first kappa shape index (κ1) is 23.5. The maximum atomic E-state index is 13.9. The Bertz CT molecular complexity index is 1360. The number of ether oxygens (including phenoxy) is 1. The van der Waals surface area contributed by atoms with Crippen molar-refractivity contribution in [3.63, 3.8) is 0 Å². The van der Waals surface area contributed by atoms with Crippen molar-refractivity contribution in [2.24, 2.45) is 0 Å². The van der Waals surface area contributed by atoms with Gasteiger partial charge in [0.2, 0.25) is 0 Å². The number of aromatic nitrogens is 4. The number of hydrogen-bond acceptors (Lipinski definition) is 9. The fraction of sp³-hybridized carbons (Fsp3) is 0.227. The summed E-state index contributed by atoms with van der Waals surface area (Å²) in [6, 6.07) is 15.3. The van der Waals surface area contributed by atoms with Crippen molar-refractivity contribution in [2.75, 3.05) is 17.4 Å². The lowest BCUT2D eigenvalue weighted by Crippen LogP contribution is -2.28. The van der Waals surface area contributed by atoms with Crippen LogP contribution in [-0.4, -0.2) is 43.4 Å². The van der Waals surface area contributed by atoms with Crippen molar-refractivity contribution in [3.05, 3.63) is 72.3 Å². The maximum absolute atomic E-state index is 13.9. The Kier molecular flexibility index (Phi) is 6.59. The maximum Gasteiger partial charge on any atom is 0.486 e. The van der Waals surface area contributed by atoms with Crippen LogP contribution in [0.5, 0.6) is 5.75 Å². The SMILES string of the molecule is Nc1ncnc2c1ncn2[C@H]1C[C@H](OP(=O)(Nc2ccccc2)Oc2ccc(Cl)cc2)[C@@H](CO)O1. The molecule has 35 heavy (non-hydrogen) atoms. The molecule has 4 atom stereocenters. The van der Waals surface area contributed by atoms with Crippen LogP contribution in [-0.2, 0) is 13.8 Å². The van der Waals surface area contributed by atoms with Crippen molar-refractivity contribution < 1.29 is 23.5 Å². The minimum absolute atomic E-state index is 0.241. The van der Waals surface area contributed by atoms with E-state index >= 15 is 0 Å². The Morgan fingerprint density at radius 1 is 1.17 bits per heavy atom. The summed E-state index contributed by atoms with van der Waals surface area (Å²) in [5, 5.41) is 13.3. The molecule has 0 radical (unpaired) electrons. The standard InChI is InChI=1S/C22H22ClN6O5P/c23-14-6-8-16(9-7-14)33-35(31,28-15-4-2-1-3-5-15)34-17-10-19(32-18(17)11-30)29-13-27-20-21(24)25-12-26-22(20)29/h1-9,12-13,17-19,30H,10-11H2,(H,28,31)(H2,24,25,26)/t17-,18+,19+,35?/m0/s1. The van der Waals surface area contributed by atoms with Gasteiger partial charge >= 0.3 is 7.75 Å². The number of nitrogens with zero attached hydrogens (tertiary/aromatic N) is 4. The van der Waals surface area contributed by atoms with Gasteiger partial charge in [0, 0.05) is 17.1 Å². The Morgan fingerprint density at radius 2 is 1.94 bits per heavy atom. The molecule has 4 N–H and O–H groups in total. The molecule has 1 aliphatic heterocycles. The summed E-state index contributed by atoms with van der Waals surface area (Å²) in [6.07, 6.45) is 0.943. The van der Waals surface area contributed by atoms with Crippen LogP contribution in [0.2, 0.25) is 5.02 Å². The first-order valence-corrected chi connectivity index (χ1v) is 12.6. The Labute approximate surface area is 205 Å². The van der Waals surface area contributed by atoms with Gasteiger partial charge in [0.15, 0.2) is 11.5 Å². The number of fused-ring (bicyclic) bond motifs is 1. The second-order valence-electron chi connectivity index (χ2n) is 7.79. The molecule has 0 aliphatic carbocycles. The predicted octanol–water partition coefficient (Wildman–Crippen LogP) is 4.03. The van der Waals surface area contributed by atoms with Crippen molar-refractivity contribution in [3.8, 4) is 5.75 Å². The van der Waals surface area contributed by atoms with Crippen LogP contribution in [0.1, 0.15) is 12.6 Å². The number of anilines is 2. The van der Waals surface area contributed by atoms with Gasteiger partial charge in [0.05, 0.1) is 12.9 Å². The first-order valence-electron chi connectivity index (χ1n) is 10.7. The molecular weight excluding hydrogens is 495 g/mol. The van der Waals surface area contributed by atoms with Crippen molar-refractivity contribution in [2.45, 2.75) is 24.9 Å². The second kappa shape index (κ2) is 9.80. The van der Waals surface area contributed by atoms with E-state index in [-0.39, 0.29) is 18.8 Å². The molecular formula is C22H22ClN6O5P. The van der Waals surface area contributed by atoms with E-state index in [4.69, 9.17) is 31.1 Å². The zero-order valence-corrected chi connectivity index (χ0v) is 19.9. The molecule has 5 rings (SSSR count). The van der Waals surface area contributed by atoms with Crippen LogP contribution >= 0.6 is 19.3 Å². The fourth-order valence-electron chi connectivity index (χ4n) is 3.78. The Morgan fingerprint density at radius 3 is 2.69 bits per heavy atom. The summed E-state index contributed by atoms with van der Waals surface area (Å²) < 4.78 is 33.4. The lowest BCUT2D eigenvalue weighted by atomic mass is 10.2. The number of aliphatic hydroxyl groups excluding tert-OH is 1. The molecule has 11 nitrogen and oxygen atoms in total. The number of hydrogen-bond donors (Lipinski definition) is 3. The third-order valence-electron chi connectivity index (χ3n) is 5.41.